The summed E-state index contributed by atoms with van der Waals surface area (Å²) < 4.78 is 0. The van der Waals surface area contributed by atoms with Crippen molar-refractivity contribution >= 4 is 11.9 Å². The van der Waals surface area contributed by atoms with Gasteiger partial charge in [0.05, 0.1) is 6.54 Å². The van der Waals surface area contributed by atoms with Gasteiger partial charge in [-0.3, -0.25) is 14.5 Å². The van der Waals surface area contributed by atoms with Gasteiger partial charge in [0.15, 0.2) is 0 Å². The Labute approximate surface area is 120 Å². The Bertz CT molecular complexity index is 340. The molecule has 5 heteroatoms. The van der Waals surface area contributed by atoms with E-state index < -0.39 is 5.97 Å². The fourth-order valence-electron chi connectivity index (χ4n) is 3.29. The normalized spacial score (nSPS) is 24.6. The van der Waals surface area contributed by atoms with Crippen LogP contribution in [0.2, 0.25) is 0 Å². The standard InChI is InChI=1S/C15H26N2O3/c18-14(17-9-2-1-3-10-17)12-16-8-4-5-13(11-16)6-7-15(19)20/h13H,1-12H2,(H,19,20). The van der Waals surface area contributed by atoms with Crippen molar-refractivity contribution in [3.05, 3.63) is 0 Å². The minimum atomic E-state index is -0.716. The molecule has 5 nitrogen and oxygen atoms in total. The number of carbonyl (C=O) groups excluding carboxylic acids is 1. The Kier molecular flexibility index (Phi) is 5.83. The van der Waals surface area contributed by atoms with E-state index in [0.717, 1.165) is 58.3 Å². The van der Waals surface area contributed by atoms with Crippen LogP contribution in [0.25, 0.3) is 0 Å². The molecule has 0 aromatic carbocycles. The largest absolute Gasteiger partial charge is 0.481 e. The molecule has 1 amide bonds. The lowest BCUT2D eigenvalue weighted by atomic mass is 9.93. The highest BCUT2D eigenvalue weighted by Crippen LogP contribution is 2.21. The van der Waals surface area contributed by atoms with Crippen LogP contribution in [0.3, 0.4) is 0 Å². The molecule has 0 spiro atoms. The van der Waals surface area contributed by atoms with E-state index in [1.165, 1.54) is 6.42 Å². The molecule has 2 heterocycles. The number of rotatable bonds is 5. The molecule has 0 bridgehead atoms. The summed E-state index contributed by atoms with van der Waals surface area (Å²) in [5.74, 6) is -0.0240. The molecule has 1 unspecified atom stereocenters. The first-order valence-corrected chi connectivity index (χ1v) is 7.87. The molecule has 0 aromatic heterocycles. The molecule has 20 heavy (non-hydrogen) atoms. The smallest absolute Gasteiger partial charge is 0.303 e. The monoisotopic (exact) mass is 282 g/mol. The highest BCUT2D eigenvalue weighted by Gasteiger charge is 2.24. The van der Waals surface area contributed by atoms with Crippen molar-refractivity contribution in [1.29, 1.82) is 0 Å². The summed E-state index contributed by atoms with van der Waals surface area (Å²) >= 11 is 0. The second-order valence-electron chi connectivity index (χ2n) is 6.12. The third-order valence-corrected chi connectivity index (χ3v) is 4.44. The van der Waals surface area contributed by atoms with Crippen LogP contribution in [-0.2, 0) is 9.59 Å². The van der Waals surface area contributed by atoms with Gasteiger partial charge in [0.1, 0.15) is 0 Å². The van der Waals surface area contributed by atoms with Crippen LogP contribution in [-0.4, -0.2) is 59.5 Å². The number of hydrogen-bond acceptors (Lipinski definition) is 3. The maximum Gasteiger partial charge on any atom is 0.303 e. The van der Waals surface area contributed by atoms with Crippen LogP contribution in [0, 0.1) is 5.92 Å². The first-order chi connectivity index (χ1) is 9.65. The number of carbonyl (C=O) groups is 2. The summed E-state index contributed by atoms with van der Waals surface area (Å²) in [7, 11) is 0. The van der Waals surface area contributed by atoms with Crippen molar-refractivity contribution in [3.8, 4) is 0 Å². The number of piperidine rings is 2. The average Bonchev–Trinajstić information content (AvgIpc) is 2.46. The predicted molar refractivity (Wildman–Crippen MR) is 76.5 cm³/mol. The fraction of sp³-hybridized carbons (Fsp3) is 0.867. The maximum absolute atomic E-state index is 12.2. The molecule has 1 N–H and O–H groups in total. The minimum Gasteiger partial charge on any atom is -0.481 e. The third kappa shape index (κ3) is 4.78. The number of carboxylic acid groups (broad SMARTS) is 1. The molecule has 2 aliphatic rings. The molecular formula is C15H26N2O3. The summed E-state index contributed by atoms with van der Waals surface area (Å²) in [5.41, 5.74) is 0. The third-order valence-electron chi connectivity index (χ3n) is 4.44. The predicted octanol–water partition coefficient (Wildman–Crippen LogP) is 1.58. The lowest BCUT2D eigenvalue weighted by Gasteiger charge is -2.34. The molecule has 2 rings (SSSR count). The van der Waals surface area contributed by atoms with Gasteiger partial charge in [0.2, 0.25) is 5.91 Å². The van der Waals surface area contributed by atoms with Crippen LogP contribution in [0.5, 0.6) is 0 Å². The van der Waals surface area contributed by atoms with E-state index in [-0.39, 0.29) is 12.3 Å². The van der Waals surface area contributed by atoms with Crippen molar-refractivity contribution in [1.82, 2.24) is 9.80 Å². The number of aliphatic carboxylic acids is 1. The van der Waals surface area contributed by atoms with E-state index in [1.54, 1.807) is 0 Å². The van der Waals surface area contributed by atoms with Gasteiger partial charge in [-0.25, -0.2) is 0 Å². The first kappa shape index (κ1) is 15.3. The number of hydrogen-bond donors (Lipinski definition) is 1. The van der Waals surface area contributed by atoms with Crippen molar-refractivity contribution in [2.45, 2.75) is 44.9 Å². The Morgan fingerprint density at radius 1 is 1.05 bits per heavy atom. The molecule has 0 saturated carbocycles. The Morgan fingerprint density at radius 2 is 1.80 bits per heavy atom. The van der Waals surface area contributed by atoms with Gasteiger partial charge in [-0.15, -0.1) is 0 Å². The second-order valence-corrected chi connectivity index (χ2v) is 6.12. The fourth-order valence-corrected chi connectivity index (χ4v) is 3.29. The average molecular weight is 282 g/mol. The van der Waals surface area contributed by atoms with E-state index in [4.69, 9.17) is 5.11 Å². The van der Waals surface area contributed by atoms with E-state index in [1.807, 2.05) is 4.90 Å². The molecule has 114 valence electrons. The summed E-state index contributed by atoms with van der Waals surface area (Å²) in [6.45, 7) is 4.20. The zero-order valence-electron chi connectivity index (χ0n) is 12.2. The molecule has 2 saturated heterocycles. The molecular weight excluding hydrogens is 256 g/mol. The molecule has 2 aliphatic heterocycles. The zero-order valence-corrected chi connectivity index (χ0v) is 12.2. The van der Waals surface area contributed by atoms with Crippen molar-refractivity contribution in [2.75, 3.05) is 32.7 Å². The Balaban J connectivity index is 1.74. The maximum atomic E-state index is 12.2. The number of amides is 1. The van der Waals surface area contributed by atoms with Crippen LogP contribution < -0.4 is 0 Å². The van der Waals surface area contributed by atoms with E-state index in [0.29, 0.717) is 12.5 Å². The first-order valence-electron chi connectivity index (χ1n) is 7.87. The van der Waals surface area contributed by atoms with E-state index >= 15 is 0 Å². The van der Waals surface area contributed by atoms with Gasteiger partial charge >= 0.3 is 5.97 Å². The molecule has 0 aliphatic carbocycles. The van der Waals surface area contributed by atoms with Crippen molar-refractivity contribution in [2.24, 2.45) is 5.92 Å². The number of carboxylic acids is 1. The van der Waals surface area contributed by atoms with Crippen LogP contribution in [0.4, 0.5) is 0 Å². The second kappa shape index (κ2) is 7.62. The minimum absolute atomic E-state index is 0.249. The summed E-state index contributed by atoms with van der Waals surface area (Å²) in [5, 5.41) is 8.75. The van der Waals surface area contributed by atoms with Crippen molar-refractivity contribution in [3.63, 3.8) is 0 Å². The SMILES string of the molecule is O=C(O)CCC1CCCN(CC(=O)N2CCCCC2)C1. The molecule has 0 aromatic rings. The summed E-state index contributed by atoms with van der Waals surface area (Å²) in [4.78, 5) is 27.1. The van der Waals surface area contributed by atoms with Gasteiger partial charge in [-0.1, -0.05) is 0 Å². The summed E-state index contributed by atoms with van der Waals surface area (Å²) in [6.07, 6.45) is 6.67. The van der Waals surface area contributed by atoms with Crippen LogP contribution >= 0.6 is 0 Å². The van der Waals surface area contributed by atoms with Gasteiger partial charge in [0, 0.05) is 26.1 Å². The number of likely N-dealkylation sites (tertiary alicyclic amines) is 2. The zero-order chi connectivity index (χ0) is 14.4. The topological polar surface area (TPSA) is 60.9 Å². The lowest BCUT2D eigenvalue weighted by molar-refractivity contribution is -0.138. The lowest BCUT2D eigenvalue weighted by Crippen LogP contribution is -2.45. The van der Waals surface area contributed by atoms with Gasteiger partial charge < -0.3 is 10.0 Å². The molecule has 0 radical (unpaired) electrons. The highest BCUT2D eigenvalue weighted by molar-refractivity contribution is 5.78. The molecule has 2 fully saturated rings. The van der Waals surface area contributed by atoms with Gasteiger partial charge in [-0.2, -0.15) is 0 Å². The summed E-state index contributed by atoms with van der Waals surface area (Å²) in [6, 6.07) is 0. The van der Waals surface area contributed by atoms with Crippen LogP contribution in [0.15, 0.2) is 0 Å². The quantitative estimate of drug-likeness (QED) is 0.831. The number of nitrogens with zero attached hydrogens (tertiary/aromatic N) is 2. The Hall–Kier alpha value is -1.10. The van der Waals surface area contributed by atoms with E-state index in [2.05, 4.69) is 4.90 Å². The molecule has 1 atom stereocenters. The van der Waals surface area contributed by atoms with E-state index in [9.17, 15) is 9.59 Å². The highest BCUT2D eigenvalue weighted by atomic mass is 16.4. The van der Waals surface area contributed by atoms with Crippen LogP contribution in [0.1, 0.15) is 44.9 Å². The van der Waals surface area contributed by atoms with Gasteiger partial charge in [-0.05, 0) is 51.0 Å². The Morgan fingerprint density at radius 3 is 2.50 bits per heavy atom. The van der Waals surface area contributed by atoms with Gasteiger partial charge in [0.25, 0.3) is 0 Å². The van der Waals surface area contributed by atoms with Crippen molar-refractivity contribution < 1.29 is 14.7 Å².